The lowest BCUT2D eigenvalue weighted by Crippen LogP contribution is -1.95. The van der Waals surface area contributed by atoms with Crippen LogP contribution < -0.4 is 4.74 Å². The quantitative estimate of drug-likeness (QED) is 0.273. The molecule has 1 nitrogen and oxygen atoms in total. The van der Waals surface area contributed by atoms with E-state index in [1.807, 2.05) is 22.7 Å². The molecule has 0 bridgehead atoms. The highest BCUT2D eigenvalue weighted by molar-refractivity contribution is 7.28. The van der Waals surface area contributed by atoms with Crippen LogP contribution in [0, 0.1) is 0 Å². The summed E-state index contributed by atoms with van der Waals surface area (Å²) in [5.74, 6) is 0.695. The van der Waals surface area contributed by atoms with Crippen LogP contribution in [0.1, 0.15) is 109 Å². The number of hydrogen-bond donors (Lipinski definition) is 0. The zero-order valence-corrected chi connectivity index (χ0v) is 18.8. The Balaban J connectivity index is 1.55. The Hall–Kier alpha value is -0.540. The van der Waals surface area contributed by atoms with Crippen LogP contribution >= 0.6 is 22.7 Å². The topological polar surface area (TPSA) is 9.23 Å². The predicted molar refractivity (Wildman–Crippen MR) is 120 cm³/mol. The van der Waals surface area contributed by atoms with Gasteiger partial charge in [0.15, 0.2) is 5.06 Å². The van der Waals surface area contributed by atoms with E-state index in [9.17, 15) is 0 Å². The third-order valence-electron chi connectivity index (χ3n) is 5.15. The van der Waals surface area contributed by atoms with E-state index in [1.165, 1.54) is 91.3 Å². The van der Waals surface area contributed by atoms with Crippen LogP contribution in [0.15, 0.2) is 12.1 Å². The Morgan fingerprint density at radius 1 is 0.769 bits per heavy atom. The predicted octanol–water partition coefficient (Wildman–Crippen LogP) is 9.17. The highest BCUT2D eigenvalue weighted by Gasteiger charge is 2.12. The van der Waals surface area contributed by atoms with Gasteiger partial charge >= 0.3 is 0 Å². The lowest BCUT2D eigenvalue weighted by Gasteiger charge is -2.06. The summed E-state index contributed by atoms with van der Waals surface area (Å²) in [4.78, 5) is 1.54. The molecule has 0 N–H and O–H groups in total. The SMILES string of the molecule is CCCCCCCCCCCCOc1cc2sc(C(C)CCC)cc2s1. The molecule has 0 fully saturated rings. The summed E-state index contributed by atoms with van der Waals surface area (Å²) in [6, 6.07) is 4.64. The van der Waals surface area contributed by atoms with Gasteiger partial charge in [0, 0.05) is 20.3 Å². The molecular weight excluding hydrogens is 356 g/mol. The highest BCUT2D eigenvalue weighted by atomic mass is 32.1. The molecule has 2 aromatic rings. The molecule has 0 amide bonds. The molecule has 1 unspecified atom stereocenters. The summed E-state index contributed by atoms with van der Waals surface area (Å²) < 4.78 is 8.81. The minimum atomic E-state index is 0.695. The molecule has 1 atom stereocenters. The molecule has 0 saturated carbocycles. The first-order chi connectivity index (χ1) is 12.7. The summed E-state index contributed by atoms with van der Waals surface area (Å²) >= 11 is 3.78. The van der Waals surface area contributed by atoms with Crippen molar-refractivity contribution in [3.63, 3.8) is 0 Å². The van der Waals surface area contributed by atoms with Gasteiger partial charge in [-0.05, 0) is 24.8 Å². The first-order valence-electron chi connectivity index (χ1n) is 10.9. The van der Waals surface area contributed by atoms with E-state index < -0.39 is 0 Å². The molecular formula is C23H38OS2. The Labute approximate surface area is 169 Å². The third kappa shape index (κ3) is 7.60. The van der Waals surface area contributed by atoms with Crippen molar-refractivity contribution in [1.29, 1.82) is 0 Å². The van der Waals surface area contributed by atoms with E-state index in [1.54, 1.807) is 0 Å². The zero-order chi connectivity index (χ0) is 18.6. The molecule has 0 aromatic carbocycles. The standard InChI is InChI=1S/C23H38OS2/c1-4-6-7-8-9-10-11-12-13-14-16-24-23-18-22-21(26-23)17-20(25-22)19(3)15-5-2/h17-19H,4-16H2,1-3H3. The maximum atomic E-state index is 5.99. The van der Waals surface area contributed by atoms with Gasteiger partial charge in [-0.2, -0.15) is 0 Å². The van der Waals surface area contributed by atoms with Gasteiger partial charge in [0.05, 0.1) is 6.61 Å². The minimum Gasteiger partial charge on any atom is -0.484 e. The van der Waals surface area contributed by atoms with E-state index >= 15 is 0 Å². The lowest BCUT2D eigenvalue weighted by atomic mass is 10.1. The Kier molecular flexibility index (Phi) is 10.7. The van der Waals surface area contributed by atoms with Crippen LogP contribution in [0.5, 0.6) is 5.06 Å². The smallest absolute Gasteiger partial charge is 0.175 e. The van der Waals surface area contributed by atoms with Crippen LogP contribution in [-0.4, -0.2) is 6.61 Å². The van der Waals surface area contributed by atoms with Gasteiger partial charge in [0.25, 0.3) is 0 Å². The van der Waals surface area contributed by atoms with Crippen LogP contribution in [-0.2, 0) is 0 Å². The maximum Gasteiger partial charge on any atom is 0.175 e. The fraction of sp³-hybridized carbons (Fsp3) is 0.739. The summed E-state index contributed by atoms with van der Waals surface area (Å²) in [5, 5.41) is 1.11. The van der Waals surface area contributed by atoms with Crippen molar-refractivity contribution in [2.45, 2.75) is 104 Å². The van der Waals surface area contributed by atoms with Crippen molar-refractivity contribution in [2.24, 2.45) is 0 Å². The second-order valence-corrected chi connectivity index (χ2v) is 9.82. The number of fused-ring (bicyclic) bond motifs is 1. The third-order valence-corrected chi connectivity index (χ3v) is 7.59. The van der Waals surface area contributed by atoms with Crippen molar-refractivity contribution in [3.05, 3.63) is 17.0 Å². The number of rotatable bonds is 15. The summed E-state index contributed by atoms with van der Waals surface area (Å²) in [7, 11) is 0. The van der Waals surface area contributed by atoms with Crippen LogP contribution in [0.25, 0.3) is 9.40 Å². The molecule has 0 saturated heterocycles. The summed E-state index contributed by atoms with van der Waals surface area (Å²) in [6.07, 6.45) is 16.3. The van der Waals surface area contributed by atoms with E-state index in [-0.39, 0.29) is 0 Å². The first-order valence-corrected chi connectivity index (χ1v) is 12.5. The number of thiophene rings is 2. The van der Waals surface area contributed by atoms with Gasteiger partial charge in [-0.1, -0.05) is 96.3 Å². The normalized spacial score (nSPS) is 12.7. The van der Waals surface area contributed by atoms with Crippen LogP contribution in [0.4, 0.5) is 0 Å². The largest absolute Gasteiger partial charge is 0.484 e. The summed E-state index contributed by atoms with van der Waals surface area (Å²) in [6.45, 7) is 7.78. The van der Waals surface area contributed by atoms with E-state index in [4.69, 9.17) is 4.74 Å². The lowest BCUT2D eigenvalue weighted by molar-refractivity contribution is 0.313. The molecule has 0 aliphatic heterocycles. The van der Waals surface area contributed by atoms with Crippen molar-refractivity contribution in [2.75, 3.05) is 6.61 Å². The number of hydrogen-bond acceptors (Lipinski definition) is 3. The minimum absolute atomic E-state index is 0.695. The summed E-state index contributed by atoms with van der Waals surface area (Å²) in [5.41, 5.74) is 0. The molecule has 3 heteroatoms. The maximum absolute atomic E-state index is 5.99. The van der Waals surface area contributed by atoms with Gasteiger partial charge in [-0.25, -0.2) is 0 Å². The Morgan fingerprint density at radius 2 is 1.38 bits per heavy atom. The van der Waals surface area contributed by atoms with E-state index in [0.717, 1.165) is 11.7 Å². The van der Waals surface area contributed by atoms with Crippen molar-refractivity contribution >= 4 is 32.1 Å². The molecule has 2 heterocycles. The number of unbranched alkanes of at least 4 members (excludes halogenated alkanes) is 9. The average Bonchev–Trinajstić information content (AvgIpc) is 3.18. The Bertz CT molecular complexity index is 567. The van der Waals surface area contributed by atoms with E-state index in [0.29, 0.717) is 5.92 Å². The molecule has 148 valence electrons. The molecule has 0 radical (unpaired) electrons. The van der Waals surface area contributed by atoms with Crippen LogP contribution in [0.2, 0.25) is 0 Å². The molecule has 26 heavy (non-hydrogen) atoms. The van der Waals surface area contributed by atoms with Gasteiger partial charge in [-0.3, -0.25) is 0 Å². The van der Waals surface area contributed by atoms with Crippen LogP contribution in [0.3, 0.4) is 0 Å². The van der Waals surface area contributed by atoms with Gasteiger partial charge < -0.3 is 4.74 Å². The highest BCUT2D eigenvalue weighted by Crippen LogP contribution is 2.40. The second-order valence-electron chi connectivity index (χ2n) is 7.66. The molecule has 0 aliphatic carbocycles. The van der Waals surface area contributed by atoms with Gasteiger partial charge in [0.1, 0.15) is 0 Å². The monoisotopic (exact) mass is 394 g/mol. The molecule has 2 rings (SSSR count). The second kappa shape index (κ2) is 12.8. The Morgan fingerprint density at radius 3 is 2.00 bits per heavy atom. The fourth-order valence-electron chi connectivity index (χ4n) is 3.48. The van der Waals surface area contributed by atoms with E-state index in [2.05, 4.69) is 32.9 Å². The first kappa shape index (κ1) is 21.8. The van der Waals surface area contributed by atoms with Crippen molar-refractivity contribution in [1.82, 2.24) is 0 Å². The van der Waals surface area contributed by atoms with Crippen molar-refractivity contribution in [3.8, 4) is 5.06 Å². The number of ether oxygens (including phenoxy) is 1. The molecule has 0 aliphatic rings. The van der Waals surface area contributed by atoms with Gasteiger partial charge in [-0.15, -0.1) is 11.3 Å². The molecule has 2 aromatic heterocycles. The fourth-order valence-corrected chi connectivity index (χ4v) is 5.84. The average molecular weight is 395 g/mol. The van der Waals surface area contributed by atoms with Crippen molar-refractivity contribution < 1.29 is 4.74 Å². The van der Waals surface area contributed by atoms with Gasteiger partial charge in [0.2, 0.25) is 0 Å². The zero-order valence-electron chi connectivity index (χ0n) is 17.1. The molecule has 0 spiro atoms.